The summed E-state index contributed by atoms with van der Waals surface area (Å²) in [6, 6.07) is 4.31. The fourth-order valence-electron chi connectivity index (χ4n) is 1.65. The first-order valence-electron chi connectivity index (χ1n) is 5.67. The Morgan fingerprint density at radius 2 is 1.81 bits per heavy atom. The molecule has 0 aliphatic rings. The summed E-state index contributed by atoms with van der Waals surface area (Å²) < 4.78 is 1.18. The van der Waals surface area contributed by atoms with Gasteiger partial charge in [0.1, 0.15) is 0 Å². The van der Waals surface area contributed by atoms with Crippen molar-refractivity contribution in [2.24, 2.45) is 5.73 Å². The van der Waals surface area contributed by atoms with Crippen molar-refractivity contribution in [3.8, 4) is 0 Å². The molecule has 0 aliphatic heterocycles. The standard InChI is InChI=1S/C13H21BrN2/c1-5-13(4,8-15)16-11-6-9(2)12(14)10(3)7-11/h6-7,16H,5,8,15H2,1-4H3. The molecule has 1 atom stereocenters. The third-order valence-electron chi connectivity index (χ3n) is 3.11. The molecule has 0 aromatic heterocycles. The van der Waals surface area contributed by atoms with Crippen LogP contribution in [0.25, 0.3) is 0 Å². The lowest BCUT2D eigenvalue weighted by Crippen LogP contribution is -2.41. The molecular formula is C13H21BrN2. The summed E-state index contributed by atoms with van der Waals surface area (Å²) >= 11 is 3.57. The first-order chi connectivity index (χ1) is 7.41. The highest BCUT2D eigenvalue weighted by molar-refractivity contribution is 9.10. The van der Waals surface area contributed by atoms with Crippen LogP contribution in [0.3, 0.4) is 0 Å². The molecule has 1 unspecified atom stereocenters. The molecule has 3 heteroatoms. The second-order valence-corrected chi connectivity index (χ2v) is 5.46. The second-order valence-electron chi connectivity index (χ2n) is 4.67. The summed E-state index contributed by atoms with van der Waals surface area (Å²) in [5.74, 6) is 0. The van der Waals surface area contributed by atoms with Crippen LogP contribution in [0.15, 0.2) is 16.6 Å². The molecule has 16 heavy (non-hydrogen) atoms. The van der Waals surface area contributed by atoms with Crippen LogP contribution in [0.4, 0.5) is 5.69 Å². The van der Waals surface area contributed by atoms with Gasteiger partial charge in [0.25, 0.3) is 0 Å². The van der Waals surface area contributed by atoms with Gasteiger partial charge >= 0.3 is 0 Å². The lowest BCUT2D eigenvalue weighted by Gasteiger charge is -2.29. The van der Waals surface area contributed by atoms with Gasteiger partial charge in [0.15, 0.2) is 0 Å². The summed E-state index contributed by atoms with van der Waals surface area (Å²) in [6.07, 6.45) is 1.01. The number of hydrogen-bond acceptors (Lipinski definition) is 2. The average Bonchev–Trinajstić information content (AvgIpc) is 2.25. The molecular weight excluding hydrogens is 264 g/mol. The molecule has 0 heterocycles. The number of nitrogens with one attached hydrogen (secondary N) is 1. The van der Waals surface area contributed by atoms with Crippen LogP contribution in [-0.4, -0.2) is 12.1 Å². The Bertz CT molecular complexity index is 347. The number of rotatable bonds is 4. The van der Waals surface area contributed by atoms with E-state index in [1.807, 2.05) is 0 Å². The van der Waals surface area contributed by atoms with E-state index in [-0.39, 0.29) is 5.54 Å². The van der Waals surface area contributed by atoms with Crippen molar-refractivity contribution in [3.05, 3.63) is 27.7 Å². The van der Waals surface area contributed by atoms with Gasteiger partial charge in [-0.3, -0.25) is 0 Å². The lowest BCUT2D eigenvalue weighted by atomic mass is 9.98. The highest BCUT2D eigenvalue weighted by Gasteiger charge is 2.19. The Kier molecular flexibility index (Phi) is 4.39. The number of nitrogens with two attached hydrogens (primary N) is 1. The van der Waals surface area contributed by atoms with Gasteiger partial charge in [-0.1, -0.05) is 22.9 Å². The first kappa shape index (κ1) is 13.5. The second kappa shape index (κ2) is 5.19. The number of anilines is 1. The molecule has 0 saturated heterocycles. The molecule has 0 bridgehead atoms. The Balaban J connectivity index is 2.98. The Labute approximate surface area is 107 Å². The van der Waals surface area contributed by atoms with Gasteiger partial charge in [-0.15, -0.1) is 0 Å². The largest absolute Gasteiger partial charge is 0.379 e. The quantitative estimate of drug-likeness (QED) is 0.887. The zero-order valence-electron chi connectivity index (χ0n) is 10.5. The molecule has 0 spiro atoms. The summed E-state index contributed by atoms with van der Waals surface area (Å²) in [4.78, 5) is 0. The maximum absolute atomic E-state index is 5.80. The number of halogens is 1. The molecule has 2 nitrogen and oxygen atoms in total. The van der Waals surface area contributed by atoms with Gasteiger partial charge < -0.3 is 11.1 Å². The monoisotopic (exact) mass is 284 g/mol. The van der Waals surface area contributed by atoms with Crippen LogP contribution >= 0.6 is 15.9 Å². The number of hydrogen-bond donors (Lipinski definition) is 2. The fourth-order valence-corrected chi connectivity index (χ4v) is 1.88. The molecule has 90 valence electrons. The summed E-state index contributed by atoms with van der Waals surface area (Å²) in [5, 5.41) is 3.52. The van der Waals surface area contributed by atoms with Crippen LogP contribution in [0.2, 0.25) is 0 Å². The molecule has 0 fully saturated rings. The van der Waals surface area contributed by atoms with E-state index in [0.717, 1.165) is 12.1 Å². The van der Waals surface area contributed by atoms with Gasteiger partial charge in [0, 0.05) is 22.2 Å². The van der Waals surface area contributed by atoms with E-state index in [0.29, 0.717) is 6.54 Å². The maximum Gasteiger partial charge on any atom is 0.0465 e. The van der Waals surface area contributed by atoms with E-state index in [1.165, 1.54) is 15.6 Å². The van der Waals surface area contributed by atoms with E-state index in [4.69, 9.17) is 5.73 Å². The van der Waals surface area contributed by atoms with Crippen molar-refractivity contribution in [2.45, 2.75) is 39.7 Å². The van der Waals surface area contributed by atoms with Crippen LogP contribution in [0.5, 0.6) is 0 Å². The SMILES string of the molecule is CCC(C)(CN)Nc1cc(C)c(Br)c(C)c1. The number of benzene rings is 1. The van der Waals surface area contributed by atoms with Crippen molar-refractivity contribution in [2.75, 3.05) is 11.9 Å². The Morgan fingerprint density at radius 1 is 1.31 bits per heavy atom. The molecule has 0 radical (unpaired) electrons. The van der Waals surface area contributed by atoms with Gasteiger partial charge in [0.2, 0.25) is 0 Å². The predicted molar refractivity (Wildman–Crippen MR) is 75.0 cm³/mol. The average molecular weight is 285 g/mol. The van der Waals surface area contributed by atoms with Crippen LogP contribution in [-0.2, 0) is 0 Å². The van der Waals surface area contributed by atoms with Crippen LogP contribution in [0.1, 0.15) is 31.4 Å². The zero-order valence-corrected chi connectivity index (χ0v) is 12.1. The van der Waals surface area contributed by atoms with Crippen LogP contribution in [0, 0.1) is 13.8 Å². The Hall–Kier alpha value is -0.540. The summed E-state index contributed by atoms with van der Waals surface area (Å²) in [6.45, 7) is 9.15. The van der Waals surface area contributed by atoms with Crippen molar-refractivity contribution in [1.82, 2.24) is 0 Å². The molecule has 1 aromatic rings. The molecule has 0 amide bonds. The Morgan fingerprint density at radius 3 is 2.19 bits per heavy atom. The van der Waals surface area contributed by atoms with E-state index in [2.05, 4.69) is 61.1 Å². The van der Waals surface area contributed by atoms with Gasteiger partial charge in [-0.2, -0.15) is 0 Å². The van der Waals surface area contributed by atoms with Gasteiger partial charge in [0.05, 0.1) is 0 Å². The third kappa shape index (κ3) is 2.98. The minimum Gasteiger partial charge on any atom is -0.379 e. The van der Waals surface area contributed by atoms with Crippen LogP contribution < -0.4 is 11.1 Å². The normalized spacial score (nSPS) is 14.6. The molecule has 0 aliphatic carbocycles. The molecule has 1 rings (SSSR count). The van der Waals surface area contributed by atoms with Gasteiger partial charge in [-0.05, 0) is 50.5 Å². The van der Waals surface area contributed by atoms with E-state index in [9.17, 15) is 0 Å². The molecule has 0 saturated carbocycles. The molecule has 1 aromatic carbocycles. The smallest absolute Gasteiger partial charge is 0.0465 e. The highest BCUT2D eigenvalue weighted by Crippen LogP contribution is 2.27. The minimum atomic E-state index is -0.0211. The lowest BCUT2D eigenvalue weighted by molar-refractivity contribution is 0.506. The summed E-state index contributed by atoms with van der Waals surface area (Å²) in [7, 11) is 0. The third-order valence-corrected chi connectivity index (χ3v) is 4.36. The number of aryl methyl sites for hydroxylation is 2. The molecule has 3 N–H and O–H groups in total. The maximum atomic E-state index is 5.80. The van der Waals surface area contributed by atoms with Crippen molar-refractivity contribution in [1.29, 1.82) is 0 Å². The van der Waals surface area contributed by atoms with Crippen molar-refractivity contribution in [3.63, 3.8) is 0 Å². The minimum absolute atomic E-state index is 0.0211. The first-order valence-corrected chi connectivity index (χ1v) is 6.46. The fraction of sp³-hybridized carbons (Fsp3) is 0.538. The van der Waals surface area contributed by atoms with Crippen molar-refractivity contribution < 1.29 is 0 Å². The predicted octanol–water partition coefficient (Wildman–Crippen LogP) is 3.61. The van der Waals surface area contributed by atoms with Crippen molar-refractivity contribution >= 4 is 21.6 Å². The topological polar surface area (TPSA) is 38.0 Å². The van der Waals surface area contributed by atoms with Gasteiger partial charge in [-0.25, -0.2) is 0 Å². The van der Waals surface area contributed by atoms with E-state index < -0.39 is 0 Å². The van der Waals surface area contributed by atoms with E-state index >= 15 is 0 Å². The highest BCUT2D eigenvalue weighted by atomic mass is 79.9. The van der Waals surface area contributed by atoms with E-state index in [1.54, 1.807) is 0 Å². The summed E-state index contributed by atoms with van der Waals surface area (Å²) in [5.41, 5.74) is 9.42. The zero-order chi connectivity index (χ0) is 12.3.